The Morgan fingerprint density at radius 1 is 1.44 bits per heavy atom. The minimum absolute atomic E-state index is 0.800. The van der Waals surface area contributed by atoms with Gasteiger partial charge in [-0.1, -0.05) is 12.1 Å². The molecule has 0 bridgehead atoms. The van der Waals surface area contributed by atoms with Crippen LogP contribution in [0.3, 0.4) is 0 Å². The van der Waals surface area contributed by atoms with E-state index in [-0.39, 0.29) is 0 Å². The highest BCUT2D eigenvalue weighted by atomic mass is 32.1. The maximum Gasteiger partial charge on any atom is 0.138 e. The largest absolute Gasteiger partial charge is 0.361 e. The highest BCUT2D eigenvalue weighted by molar-refractivity contribution is 7.03. The molecule has 1 N–H and O–H groups in total. The lowest BCUT2D eigenvalue weighted by Gasteiger charge is -2.02. The van der Waals surface area contributed by atoms with Gasteiger partial charge in [-0.3, -0.25) is 0 Å². The molecule has 0 fully saturated rings. The summed E-state index contributed by atoms with van der Waals surface area (Å²) in [6.45, 7) is 5.68. The van der Waals surface area contributed by atoms with Crippen LogP contribution in [0.25, 0.3) is 0 Å². The molecule has 0 saturated heterocycles. The molecule has 0 aromatic carbocycles. The summed E-state index contributed by atoms with van der Waals surface area (Å²) in [5.74, 6) is 0.910. The molecule has 0 amide bonds. The molecule has 0 atom stereocenters. The highest BCUT2D eigenvalue weighted by Gasteiger charge is 2.10. The molecule has 2 aromatic heterocycles. The summed E-state index contributed by atoms with van der Waals surface area (Å²) in [6, 6.07) is 0. The van der Waals surface area contributed by atoms with Crippen LogP contribution in [-0.2, 0) is 19.5 Å². The average Bonchev–Trinajstić information content (AvgIpc) is 2.90. The van der Waals surface area contributed by atoms with E-state index in [1.165, 1.54) is 22.7 Å². The van der Waals surface area contributed by atoms with E-state index in [1.807, 2.05) is 18.5 Å². The van der Waals surface area contributed by atoms with Gasteiger partial charge in [-0.15, -0.1) is 0 Å². The number of rotatable bonds is 5. The van der Waals surface area contributed by atoms with Crippen molar-refractivity contribution < 1.29 is 4.52 Å². The third-order valence-electron chi connectivity index (χ3n) is 2.52. The fraction of sp³-hybridized carbons (Fsp3) is 0.455. The Hall–Kier alpha value is -1.20. The summed E-state index contributed by atoms with van der Waals surface area (Å²) in [4.78, 5) is 0. The zero-order valence-electron chi connectivity index (χ0n) is 9.49. The van der Waals surface area contributed by atoms with Crippen molar-refractivity contribution in [1.82, 2.24) is 14.8 Å². The van der Waals surface area contributed by atoms with Crippen LogP contribution in [0.1, 0.15) is 29.5 Å². The van der Waals surface area contributed by atoms with Gasteiger partial charge < -0.3 is 9.84 Å². The van der Waals surface area contributed by atoms with Crippen molar-refractivity contribution in [2.24, 2.45) is 0 Å². The van der Waals surface area contributed by atoms with Gasteiger partial charge in [-0.25, -0.2) is 4.37 Å². The van der Waals surface area contributed by atoms with Crippen molar-refractivity contribution >= 4 is 11.5 Å². The molecule has 4 nitrogen and oxygen atoms in total. The molecular formula is C11H15N3OS. The molecule has 0 radical (unpaired) electrons. The van der Waals surface area contributed by atoms with Gasteiger partial charge in [0.1, 0.15) is 5.76 Å². The second kappa shape index (κ2) is 5.23. The van der Waals surface area contributed by atoms with E-state index in [0.29, 0.717) is 0 Å². The van der Waals surface area contributed by atoms with Crippen molar-refractivity contribution in [1.29, 1.82) is 0 Å². The van der Waals surface area contributed by atoms with Crippen molar-refractivity contribution in [3.8, 4) is 0 Å². The monoisotopic (exact) mass is 237 g/mol. The minimum atomic E-state index is 0.800. The predicted octanol–water partition coefficient (Wildman–Crippen LogP) is 2.29. The molecule has 0 spiro atoms. The first kappa shape index (κ1) is 11.3. The van der Waals surface area contributed by atoms with Gasteiger partial charge in [-0.05, 0) is 30.4 Å². The van der Waals surface area contributed by atoms with Gasteiger partial charge in [0.05, 0.1) is 5.69 Å². The van der Waals surface area contributed by atoms with Gasteiger partial charge in [0.15, 0.2) is 0 Å². The Bertz CT molecular complexity index is 436. The average molecular weight is 237 g/mol. The highest BCUT2D eigenvalue weighted by Crippen LogP contribution is 2.13. The minimum Gasteiger partial charge on any atom is -0.361 e. The van der Waals surface area contributed by atoms with E-state index in [9.17, 15) is 0 Å². The summed E-state index contributed by atoms with van der Waals surface area (Å²) in [5.41, 5.74) is 3.45. The van der Waals surface area contributed by atoms with Crippen LogP contribution in [-0.4, -0.2) is 9.53 Å². The third-order valence-corrected chi connectivity index (χ3v) is 3.15. The Kier molecular flexibility index (Phi) is 3.69. The van der Waals surface area contributed by atoms with E-state index in [1.54, 1.807) is 0 Å². The molecule has 2 rings (SSSR count). The van der Waals surface area contributed by atoms with Gasteiger partial charge in [0.2, 0.25) is 0 Å². The van der Waals surface area contributed by atoms with Crippen LogP contribution in [0.4, 0.5) is 0 Å². The van der Waals surface area contributed by atoms with E-state index in [0.717, 1.165) is 31.0 Å². The Balaban J connectivity index is 1.91. The molecule has 2 heterocycles. The fourth-order valence-electron chi connectivity index (χ4n) is 1.59. The maximum atomic E-state index is 5.17. The first-order valence-corrected chi connectivity index (χ1v) is 6.18. The van der Waals surface area contributed by atoms with Gasteiger partial charge in [0, 0.05) is 30.2 Å². The second-order valence-corrected chi connectivity index (χ2v) is 4.31. The van der Waals surface area contributed by atoms with Crippen LogP contribution in [0, 0.1) is 6.92 Å². The van der Waals surface area contributed by atoms with Crippen LogP contribution in [0.5, 0.6) is 0 Å². The van der Waals surface area contributed by atoms with E-state index < -0.39 is 0 Å². The van der Waals surface area contributed by atoms with Gasteiger partial charge in [-0.2, -0.15) is 0 Å². The van der Waals surface area contributed by atoms with Crippen LogP contribution in [0.2, 0.25) is 0 Å². The number of nitrogens with zero attached hydrogens (tertiary/aromatic N) is 2. The molecule has 0 unspecified atom stereocenters. The number of aryl methyl sites for hydroxylation is 2. The third kappa shape index (κ3) is 2.48. The van der Waals surface area contributed by atoms with Crippen molar-refractivity contribution in [2.75, 3.05) is 0 Å². The Morgan fingerprint density at radius 3 is 3.00 bits per heavy atom. The first-order chi connectivity index (χ1) is 7.81. The van der Waals surface area contributed by atoms with Crippen LogP contribution < -0.4 is 5.32 Å². The number of hydrogen-bond donors (Lipinski definition) is 1. The molecule has 0 aliphatic heterocycles. The number of nitrogens with one attached hydrogen (secondary N) is 1. The van der Waals surface area contributed by atoms with Crippen molar-refractivity contribution in [3.63, 3.8) is 0 Å². The van der Waals surface area contributed by atoms with Gasteiger partial charge >= 0.3 is 0 Å². The normalized spacial score (nSPS) is 10.9. The Labute approximate surface area is 98.8 Å². The zero-order chi connectivity index (χ0) is 11.4. The standard InChI is InChI=1S/C11H15N3OS/c1-3-11-10(8(2)15-14-11)6-12-4-9-5-13-16-7-9/h5,7,12H,3-4,6H2,1-2H3. The first-order valence-electron chi connectivity index (χ1n) is 5.34. The van der Waals surface area contributed by atoms with E-state index >= 15 is 0 Å². The summed E-state index contributed by atoms with van der Waals surface area (Å²) in [7, 11) is 0. The number of hydrogen-bond acceptors (Lipinski definition) is 5. The lowest BCUT2D eigenvalue weighted by atomic mass is 10.1. The molecule has 0 saturated carbocycles. The van der Waals surface area contributed by atoms with Crippen LogP contribution in [0.15, 0.2) is 16.1 Å². The quantitative estimate of drug-likeness (QED) is 0.867. The Morgan fingerprint density at radius 2 is 2.31 bits per heavy atom. The summed E-state index contributed by atoms with van der Waals surface area (Å²) in [6.07, 6.45) is 2.80. The summed E-state index contributed by atoms with van der Waals surface area (Å²) >= 11 is 1.48. The van der Waals surface area contributed by atoms with Crippen molar-refractivity contribution in [3.05, 3.63) is 34.2 Å². The summed E-state index contributed by atoms with van der Waals surface area (Å²) in [5, 5.41) is 9.45. The van der Waals surface area contributed by atoms with Crippen LogP contribution >= 0.6 is 11.5 Å². The van der Waals surface area contributed by atoms with Gasteiger partial charge in [0.25, 0.3) is 0 Å². The second-order valence-electron chi connectivity index (χ2n) is 3.65. The molecule has 86 valence electrons. The topological polar surface area (TPSA) is 51.0 Å². The van der Waals surface area contributed by atoms with Crippen molar-refractivity contribution in [2.45, 2.75) is 33.4 Å². The van der Waals surface area contributed by atoms with E-state index in [2.05, 4.69) is 21.8 Å². The summed E-state index contributed by atoms with van der Waals surface area (Å²) < 4.78 is 9.23. The molecule has 0 aliphatic rings. The molecule has 2 aromatic rings. The molecular weight excluding hydrogens is 222 g/mol. The molecule has 16 heavy (non-hydrogen) atoms. The fourth-order valence-corrected chi connectivity index (χ4v) is 2.12. The lowest BCUT2D eigenvalue weighted by molar-refractivity contribution is 0.390. The predicted molar refractivity (Wildman–Crippen MR) is 63.3 cm³/mol. The lowest BCUT2D eigenvalue weighted by Crippen LogP contribution is -2.13. The molecule has 5 heteroatoms. The smallest absolute Gasteiger partial charge is 0.138 e. The maximum absolute atomic E-state index is 5.17. The number of aromatic nitrogens is 2. The zero-order valence-corrected chi connectivity index (χ0v) is 10.3. The van der Waals surface area contributed by atoms with E-state index in [4.69, 9.17) is 4.52 Å². The molecule has 0 aliphatic carbocycles. The SMILES string of the molecule is CCc1noc(C)c1CNCc1cnsc1.